The minimum atomic E-state index is 0.547. The Morgan fingerprint density at radius 2 is 2.12 bits per heavy atom. The van der Waals surface area contributed by atoms with Gasteiger partial charge in [-0.2, -0.15) is 0 Å². The number of thioether (sulfide) groups is 1. The van der Waals surface area contributed by atoms with Crippen LogP contribution in [0.1, 0.15) is 19.4 Å². The van der Waals surface area contributed by atoms with Gasteiger partial charge in [0.05, 0.1) is 0 Å². The van der Waals surface area contributed by atoms with E-state index in [9.17, 15) is 0 Å². The zero-order valence-electron chi connectivity index (χ0n) is 9.84. The second-order valence-corrected chi connectivity index (χ2v) is 5.63. The van der Waals surface area contributed by atoms with Crippen LogP contribution >= 0.6 is 11.8 Å². The van der Waals surface area contributed by atoms with E-state index >= 15 is 0 Å². The van der Waals surface area contributed by atoms with E-state index in [4.69, 9.17) is 0 Å². The van der Waals surface area contributed by atoms with E-state index in [-0.39, 0.29) is 0 Å². The first-order valence-electron chi connectivity index (χ1n) is 5.44. The summed E-state index contributed by atoms with van der Waals surface area (Å²) in [5, 5.41) is 1.60. The number of benzene rings is 1. The Bertz CT molecular complexity index is 474. The molecule has 16 heavy (non-hydrogen) atoms. The Morgan fingerprint density at radius 3 is 2.81 bits per heavy atom. The molecule has 0 radical (unpaired) electrons. The van der Waals surface area contributed by atoms with Gasteiger partial charge in [0.1, 0.15) is 0 Å². The molecule has 0 atom stereocenters. The number of aromatic nitrogens is 2. The van der Waals surface area contributed by atoms with Crippen LogP contribution in [0.3, 0.4) is 0 Å². The lowest BCUT2D eigenvalue weighted by atomic mass is 10.2. The molecule has 0 aliphatic carbocycles. The molecular weight excluding hydrogens is 216 g/mol. The van der Waals surface area contributed by atoms with E-state index in [1.165, 1.54) is 11.3 Å². The van der Waals surface area contributed by atoms with Crippen molar-refractivity contribution < 1.29 is 0 Å². The lowest BCUT2D eigenvalue weighted by molar-refractivity contribution is 0.887. The highest BCUT2D eigenvalue weighted by molar-refractivity contribution is 7.99. The van der Waals surface area contributed by atoms with Gasteiger partial charge in [-0.3, -0.25) is 4.57 Å². The molecule has 0 saturated heterocycles. The SMILES string of the molecule is Cc1cccc(-n2ccnc2SC(C)C)c1. The van der Waals surface area contributed by atoms with Gasteiger partial charge in [0.2, 0.25) is 0 Å². The monoisotopic (exact) mass is 232 g/mol. The van der Waals surface area contributed by atoms with Gasteiger partial charge in [-0.25, -0.2) is 4.98 Å². The smallest absolute Gasteiger partial charge is 0.172 e. The first-order chi connectivity index (χ1) is 7.66. The molecule has 1 heterocycles. The van der Waals surface area contributed by atoms with Crippen molar-refractivity contribution in [1.29, 1.82) is 0 Å². The van der Waals surface area contributed by atoms with E-state index in [1.54, 1.807) is 11.8 Å². The zero-order valence-corrected chi connectivity index (χ0v) is 10.7. The number of hydrogen-bond donors (Lipinski definition) is 0. The van der Waals surface area contributed by atoms with Gasteiger partial charge < -0.3 is 0 Å². The minimum Gasteiger partial charge on any atom is -0.295 e. The van der Waals surface area contributed by atoms with E-state index < -0.39 is 0 Å². The first-order valence-corrected chi connectivity index (χ1v) is 6.32. The molecule has 0 amide bonds. The van der Waals surface area contributed by atoms with Gasteiger partial charge in [-0.05, 0) is 24.6 Å². The van der Waals surface area contributed by atoms with Gasteiger partial charge in [0, 0.05) is 23.3 Å². The summed E-state index contributed by atoms with van der Waals surface area (Å²) in [6.07, 6.45) is 3.87. The number of rotatable bonds is 3. The van der Waals surface area contributed by atoms with Crippen LogP contribution in [0.2, 0.25) is 0 Å². The van der Waals surface area contributed by atoms with Crippen LogP contribution in [-0.2, 0) is 0 Å². The normalized spacial score (nSPS) is 11.0. The molecule has 1 aromatic carbocycles. The minimum absolute atomic E-state index is 0.547. The molecular formula is C13H16N2S. The highest BCUT2D eigenvalue weighted by atomic mass is 32.2. The maximum atomic E-state index is 4.39. The summed E-state index contributed by atoms with van der Waals surface area (Å²) in [4.78, 5) is 4.39. The topological polar surface area (TPSA) is 17.8 Å². The van der Waals surface area contributed by atoms with Crippen LogP contribution in [0.15, 0.2) is 41.8 Å². The fourth-order valence-corrected chi connectivity index (χ4v) is 2.39. The zero-order chi connectivity index (χ0) is 11.5. The Balaban J connectivity index is 2.37. The van der Waals surface area contributed by atoms with Gasteiger partial charge in [0.25, 0.3) is 0 Å². The molecule has 3 heteroatoms. The Morgan fingerprint density at radius 1 is 1.31 bits per heavy atom. The highest BCUT2D eigenvalue weighted by Crippen LogP contribution is 2.24. The Hall–Kier alpha value is -1.22. The summed E-state index contributed by atoms with van der Waals surface area (Å²) in [5.74, 6) is 0. The molecule has 2 aromatic rings. The van der Waals surface area contributed by atoms with Crippen molar-refractivity contribution in [2.45, 2.75) is 31.2 Å². The van der Waals surface area contributed by atoms with Crippen molar-refractivity contribution in [3.05, 3.63) is 42.2 Å². The molecule has 0 aliphatic rings. The summed E-state index contributed by atoms with van der Waals surface area (Å²) < 4.78 is 2.14. The van der Waals surface area contributed by atoms with Crippen molar-refractivity contribution in [2.24, 2.45) is 0 Å². The molecule has 0 fully saturated rings. The van der Waals surface area contributed by atoms with Gasteiger partial charge in [-0.15, -0.1) is 0 Å². The van der Waals surface area contributed by atoms with Crippen molar-refractivity contribution in [2.75, 3.05) is 0 Å². The maximum absolute atomic E-state index is 4.39. The maximum Gasteiger partial charge on any atom is 0.172 e. The van der Waals surface area contributed by atoms with Crippen molar-refractivity contribution in [3.63, 3.8) is 0 Å². The molecule has 0 aliphatic heterocycles. The number of imidazole rings is 1. The average molecular weight is 232 g/mol. The van der Waals surface area contributed by atoms with Crippen LogP contribution < -0.4 is 0 Å². The van der Waals surface area contributed by atoms with Gasteiger partial charge in [-0.1, -0.05) is 37.7 Å². The lowest BCUT2D eigenvalue weighted by Gasteiger charge is -2.09. The summed E-state index contributed by atoms with van der Waals surface area (Å²) >= 11 is 1.78. The third-order valence-electron chi connectivity index (χ3n) is 2.23. The molecule has 2 nitrogen and oxygen atoms in total. The number of hydrogen-bond acceptors (Lipinski definition) is 2. The fraction of sp³-hybridized carbons (Fsp3) is 0.308. The molecule has 84 valence electrons. The van der Waals surface area contributed by atoms with Crippen LogP contribution in [0, 0.1) is 6.92 Å². The third kappa shape index (κ3) is 2.47. The van der Waals surface area contributed by atoms with Crippen molar-refractivity contribution >= 4 is 11.8 Å². The largest absolute Gasteiger partial charge is 0.295 e. The standard InChI is InChI=1S/C13H16N2S/c1-10(2)16-13-14-7-8-15(13)12-6-4-5-11(3)9-12/h4-10H,1-3H3. The summed E-state index contributed by atoms with van der Waals surface area (Å²) in [5.41, 5.74) is 2.45. The molecule has 0 saturated carbocycles. The van der Waals surface area contributed by atoms with E-state index in [2.05, 4.69) is 54.6 Å². The molecule has 0 bridgehead atoms. The third-order valence-corrected chi connectivity index (χ3v) is 3.21. The summed E-state index contributed by atoms with van der Waals surface area (Å²) in [6, 6.07) is 8.47. The lowest BCUT2D eigenvalue weighted by Crippen LogP contribution is -1.98. The van der Waals surface area contributed by atoms with Crippen molar-refractivity contribution in [1.82, 2.24) is 9.55 Å². The van der Waals surface area contributed by atoms with Crippen LogP contribution in [-0.4, -0.2) is 14.8 Å². The predicted molar refractivity (Wildman–Crippen MR) is 69.3 cm³/mol. The average Bonchev–Trinajstić information content (AvgIpc) is 2.65. The first kappa shape index (κ1) is 11.3. The molecule has 0 unspecified atom stereocenters. The summed E-state index contributed by atoms with van der Waals surface area (Å²) in [7, 11) is 0. The second kappa shape index (κ2) is 4.74. The second-order valence-electron chi connectivity index (χ2n) is 4.09. The van der Waals surface area contributed by atoms with Crippen LogP contribution in [0.4, 0.5) is 0 Å². The van der Waals surface area contributed by atoms with Crippen LogP contribution in [0.25, 0.3) is 5.69 Å². The molecule has 2 rings (SSSR count). The van der Waals surface area contributed by atoms with E-state index in [0.717, 1.165) is 5.16 Å². The molecule has 0 N–H and O–H groups in total. The van der Waals surface area contributed by atoms with E-state index in [0.29, 0.717) is 5.25 Å². The van der Waals surface area contributed by atoms with E-state index in [1.807, 2.05) is 12.4 Å². The Kier molecular flexibility index (Phi) is 3.34. The predicted octanol–water partition coefficient (Wildman–Crippen LogP) is 3.68. The van der Waals surface area contributed by atoms with Crippen LogP contribution in [0.5, 0.6) is 0 Å². The highest BCUT2D eigenvalue weighted by Gasteiger charge is 2.07. The quantitative estimate of drug-likeness (QED) is 0.751. The summed E-state index contributed by atoms with van der Waals surface area (Å²) in [6.45, 7) is 6.47. The molecule has 1 aromatic heterocycles. The number of nitrogens with zero attached hydrogens (tertiary/aromatic N) is 2. The van der Waals surface area contributed by atoms with Gasteiger partial charge in [0.15, 0.2) is 5.16 Å². The van der Waals surface area contributed by atoms with Crippen molar-refractivity contribution in [3.8, 4) is 5.69 Å². The fourth-order valence-electron chi connectivity index (χ4n) is 1.56. The number of aryl methyl sites for hydroxylation is 1. The Labute approximate surface area is 101 Å². The van der Waals surface area contributed by atoms with Gasteiger partial charge >= 0.3 is 0 Å². The molecule has 0 spiro atoms.